The molecule has 106 valence electrons. The zero-order valence-electron chi connectivity index (χ0n) is 10.3. The number of aliphatic carboxylic acids is 1. The number of nitrogens with zero attached hydrogens (tertiary/aromatic N) is 1. The van der Waals surface area contributed by atoms with E-state index in [0.29, 0.717) is 35.9 Å². The van der Waals surface area contributed by atoms with Crippen LogP contribution in [0.3, 0.4) is 0 Å². The van der Waals surface area contributed by atoms with Gasteiger partial charge in [-0.25, -0.2) is 4.79 Å². The van der Waals surface area contributed by atoms with Crippen molar-refractivity contribution in [2.24, 2.45) is 0 Å². The fraction of sp³-hybridized carbons (Fsp3) is 0. The number of carboxylic acids is 1. The van der Waals surface area contributed by atoms with Crippen LogP contribution in [0, 0.1) is 0 Å². The van der Waals surface area contributed by atoms with Crippen LogP contribution in [0.4, 0.5) is 0 Å². The highest BCUT2D eigenvalue weighted by molar-refractivity contribution is 7.17. The average Bonchev–Trinajstić information content (AvgIpc) is 2.75. The number of pyridine rings is 1. The van der Waals surface area contributed by atoms with Crippen molar-refractivity contribution in [3.63, 3.8) is 0 Å². The van der Waals surface area contributed by atoms with E-state index < -0.39 is 5.97 Å². The van der Waals surface area contributed by atoms with Crippen LogP contribution < -0.4 is 10.6 Å². The molecule has 0 bridgehead atoms. The van der Waals surface area contributed by atoms with E-state index in [9.17, 15) is 9.90 Å². The summed E-state index contributed by atoms with van der Waals surface area (Å²) in [6, 6.07) is 3.21. The van der Waals surface area contributed by atoms with Gasteiger partial charge in [-0.05, 0) is 18.2 Å². The number of carboxylic acid groups (broad SMARTS) is 1. The lowest BCUT2D eigenvalue weighted by Crippen LogP contribution is -2.30. The van der Waals surface area contributed by atoms with Crippen molar-refractivity contribution in [1.29, 1.82) is 0 Å². The van der Waals surface area contributed by atoms with Crippen molar-refractivity contribution in [3.05, 3.63) is 54.8 Å². The summed E-state index contributed by atoms with van der Waals surface area (Å²) in [4.78, 5) is 15.7. The van der Waals surface area contributed by atoms with E-state index in [1.54, 1.807) is 18.2 Å². The number of hydrogen-bond acceptors (Lipinski definition) is 4. The summed E-state index contributed by atoms with van der Waals surface area (Å²) in [5, 5.41) is 20.7. The number of carbonyl (C=O) groups is 1. The SMILES string of the molecule is O=C(O)C=C1C=c2cc(Cl)cnc2=C(O)c2cc(Cl)sc21. The first kappa shape index (κ1) is 14.1. The predicted molar refractivity (Wildman–Crippen MR) is 83.0 cm³/mol. The van der Waals surface area contributed by atoms with Gasteiger partial charge in [0.05, 0.1) is 9.36 Å². The predicted octanol–water partition coefficient (Wildman–Crippen LogP) is 2.43. The van der Waals surface area contributed by atoms with Gasteiger partial charge < -0.3 is 10.2 Å². The van der Waals surface area contributed by atoms with Gasteiger partial charge in [0, 0.05) is 33.5 Å². The highest BCUT2D eigenvalue weighted by atomic mass is 35.5. The van der Waals surface area contributed by atoms with Gasteiger partial charge in [0.15, 0.2) is 5.76 Å². The molecule has 1 aliphatic rings. The van der Waals surface area contributed by atoms with Crippen LogP contribution in [-0.4, -0.2) is 21.2 Å². The molecule has 0 saturated carbocycles. The smallest absolute Gasteiger partial charge is 0.328 e. The molecule has 0 radical (unpaired) electrons. The van der Waals surface area contributed by atoms with E-state index in [4.69, 9.17) is 28.3 Å². The molecule has 0 aromatic carbocycles. The van der Waals surface area contributed by atoms with Gasteiger partial charge in [-0.15, -0.1) is 11.3 Å². The Balaban J connectivity index is 2.47. The van der Waals surface area contributed by atoms with Crippen molar-refractivity contribution in [2.45, 2.75) is 0 Å². The first-order chi connectivity index (χ1) is 9.95. The summed E-state index contributed by atoms with van der Waals surface area (Å²) >= 11 is 13.1. The van der Waals surface area contributed by atoms with Crippen LogP contribution in [0.15, 0.2) is 24.4 Å². The molecule has 1 aliphatic carbocycles. The molecule has 2 aromatic heterocycles. The van der Waals surface area contributed by atoms with Crippen LogP contribution in [0.25, 0.3) is 17.4 Å². The Kier molecular flexibility index (Phi) is 3.49. The second kappa shape index (κ2) is 5.18. The molecule has 0 atom stereocenters. The third-order valence-corrected chi connectivity index (χ3v) is 4.44. The molecule has 0 saturated heterocycles. The van der Waals surface area contributed by atoms with E-state index in [1.807, 2.05) is 0 Å². The first-order valence-corrected chi connectivity index (χ1v) is 7.34. The van der Waals surface area contributed by atoms with Gasteiger partial charge in [-0.3, -0.25) is 4.98 Å². The summed E-state index contributed by atoms with van der Waals surface area (Å²) in [5.41, 5.74) is 0.895. The van der Waals surface area contributed by atoms with Gasteiger partial charge in [-0.2, -0.15) is 0 Å². The topological polar surface area (TPSA) is 70.4 Å². The zero-order chi connectivity index (χ0) is 15.1. The Bertz CT molecular complexity index is 915. The molecule has 7 heteroatoms. The molecule has 4 nitrogen and oxygen atoms in total. The molecule has 21 heavy (non-hydrogen) atoms. The second-order valence-corrected chi connectivity index (χ2v) is 6.44. The molecule has 0 unspecified atom stereocenters. The minimum Gasteiger partial charge on any atom is -0.505 e. The minimum atomic E-state index is -1.09. The number of rotatable bonds is 1. The number of fused-ring (bicyclic) bond motifs is 2. The van der Waals surface area contributed by atoms with E-state index in [2.05, 4.69) is 4.98 Å². The van der Waals surface area contributed by atoms with E-state index in [-0.39, 0.29) is 5.76 Å². The molecule has 0 fully saturated rings. The number of aromatic nitrogens is 1. The van der Waals surface area contributed by atoms with Crippen molar-refractivity contribution in [1.82, 2.24) is 4.98 Å². The van der Waals surface area contributed by atoms with Crippen molar-refractivity contribution < 1.29 is 15.0 Å². The van der Waals surface area contributed by atoms with Crippen LogP contribution in [0.5, 0.6) is 0 Å². The molecule has 0 aliphatic heterocycles. The summed E-state index contributed by atoms with van der Waals surface area (Å²) in [6.07, 6.45) is 4.11. The van der Waals surface area contributed by atoms with Crippen molar-refractivity contribution in [3.8, 4) is 0 Å². The van der Waals surface area contributed by atoms with Crippen molar-refractivity contribution >= 4 is 57.9 Å². The minimum absolute atomic E-state index is 0.0511. The van der Waals surface area contributed by atoms with E-state index in [1.165, 1.54) is 17.5 Å². The Morgan fingerprint density at radius 2 is 2.10 bits per heavy atom. The molecule has 0 amide bonds. The van der Waals surface area contributed by atoms with Crippen LogP contribution >= 0.6 is 34.5 Å². The third-order valence-electron chi connectivity index (χ3n) is 2.92. The van der Waals surface area contributed by atoms with Crippen LogP contribution in [0.2, 0.25) is 9.36 Å². The number of aliphatic hydroxyl groups excluding tert-OH is 1. The molecular weight excluding hydrogens is 333 g/mol. The monoisotopic (exact) mass is 339 g/mol. The second-order valence-electron chi connectivity index (χ2n) is 4.32. The number of halogens is 2. The van der Waals surface area contributed by atoms with Gasteiger partial charge >= 0.3 is 5.97 Å². The maximum atomic E-state index is 11.0. The standard InChI is InChI=1S/C14H7Cl2NO3S/c15-8-2-6-1-7(3-11(18)19)14-9(4-10(16)21-14)13(20)12(6)17-5-8/h1-5,20H,(H,18,19). The Morgan fingerprint density at radius 1 is 1.33 bits per heavy atom. The lowest BCUT2D eigenvalue weighted by atomic mass is 10.1. The zero-order valence-corrected chi connectivity index (χ0v) is 12.6. The molecule has 2 N–H and O–H groups in total. The fourth-order valence-corrected chi connectivity index (χ4v) is 3.49. The molecular formula is C14H7Cl2NO3S. The molecule has 0 spiro atoms. The van der Waals surface area contributed by atoms with Gasteiger partial charge in [0.1, 0.15) is 5.35 Å². The number of allylic oxidation sites excluding steroid dienone is 1. The number of thiophene rings is 1. The number of hydrogen-bond donors (Lipinski definition) is 2. The summed E-state index contributed by atoms with van der Waals surface area (Å²) in [7, 11) is 0. The number of aliphatic hydroxyl groups is 1. The van der Waals surface area contributed by atoms with Crippen LogP contribution in [0.1, 0.15) is 10.4 Å². The van der Waals surface area contributed by atoms with Crippen LogP contribution in [-0.2, 0) is 4.79 Å². The third kappa shape index (κ3) is 2.55. The van der Waals surface area contributed by atoms with Gasteiger partial charge in [-0.1, -0.05) is 23.2 Å². The lowest BCUT2D eigenvalue weighted by Gasteiger charge is -2.00. The Hall–Kier alpha value is -1.82. The first-order valence-electron chi connectivity index (χ1n) is 5.77. The Morgan fingerprint density at radius 3 is 2.81 bits per heavy atom. The van der Waals surface area contributed by atoms with Gasteiger partial charge in [0.25, 0.3) is 0 Å². The maximum Gasteiger partial charge on any atom is 0.328 e. The average molecular weight is 340 g/mol. The van der Waals surface area contributed by atoms with Crippen molar-refractivity contribution in [2.75, 3.05) is 0 Å². The molecule has 2 heterocycles. The van der Waals surface area contributed by atoms with Gasteiger partial charge in [0.2, 0.25) is 0 Å². The highest BCUT2D eigenvalue weighted by Gasteiger charge is 2.19. The van der Waals surface area contributed by atoms with E-state index in [0.717, 1.165) is 6.08 Å². The highest BCUT2D eigenvalue weighted by Crippen LogP contribution is 2.36. The quantitative estimate of drug-likeness (QED) is 0.783. The molecule has 3 rings (SSSR count). The lowest BCUT2D eigenvalue weighted by molar-refractivity contribution is -0.131. The maximum absolute atomic E-state index is 11.0. The largest absolute Gasteiger partial charge is 0.505 e. The summed E-state index contributed by atoms with van der Waals surface area (Å²) in [6.45, 7) is 0. The summed E-state index contributed by atoms with van der Waals surface area (Å²) < 4.78 is 0.452. The Labute approximate surface area is 132 Å². The van der Waals surface area contributed by atoms with E-state index >= 15 is 0 Å². The summed E-state index contributed by atoms with van der Waals surface area (Å²) in [5.74, 6) is -1.14. The normalized spacial score (nSPS) is 15.1. The molecule has 2 aromatic rings. The fourth-order valence-electron chi connectivity index (χ4n) is 2.11.